The van der Waals surface area contributed by atoms with Crippen LogP contribution in [0.5, 0.6) is 0 Å². The second kappa shape index (κ2) is 4.12. The van der Waals surface area contributed by atoms with Crippen molar-refractivity contribution in [1.29, 1.82) is 0 Å². The molecular formula is C10H17ClN2O2. The van der Waals surface area contributed by atoms with Crippen LogP contribution in [0.3, 0.4) is 0 Å². The fraction of sp³-hybridized carbons (Fsp3) is 0.700. The van der Waals surface area contributed by atoms with Crippen LogP contribution in [-0.4, -0.2) is 26.1 Å². The van der Waals surface area contributed by atoms with Gasteiger partial charge in [-0.05, 0) is 5.41 Å². The Bertz CT molecular complexity index is 324. The molecule has 0 radical (unpaired) electrons. The number of aryl methyl sites for hydroxylation is 1. The number of aromatic nitrogens is 2. The van der Waals surface area contributed by atoms with Gasteiger partial charge in [-0.3, -0.25) is 4.68 Å². The molecule has 2 atom stereocenters. The third kappa shape index (κ3) is 2.51. The van der Waals surface area contributed by atoms with Crippen molar-refractivity contribution in [3.05, 3.63) is 16.9 Å². The van der Waals surface area contributed by atoms with Crippen molar-refractivity contribution in [3.63, 3.8) is 0 Å². The average Bonchev–Trinajstić information content (AvgIpc) is 2.42. The topological polar surface area (TPSA) is 58.3 Å². The first-order valence-electron chi connectivity index (χ1n) is 4.78. The van der Waals surface area contributed by atoms with Crippen molar-refractivity contribution >= 4 is 11.6 Å². The van der Waals surface area contributed by atoms with Gasteiger partial charge in [0, 0.05) is 7.05 Å². The van der Waals surface area contributed by atoms with E-state index in [0.29, 0.717) is 10.7 Å². The summed E-state index contributed by atoms with van der Waals surface area (Å²) in [7, 11) is 1.68. The molecule has 0 bridgehead atoms. The standard InChI is InChI=1S/C10H17ClN2O2/c1-10(2,3)9(15)8(14)7-6(11)5-12-13(7)4/h5,8-9,14-15H,1-4H3. The molecule has 0 spiro atoms. The Hall–Kier alpha value is -0.580. The Labute approximate surface area is 94.5 Å². The van der Waals surface area contributed by atoms with E-state index in [4.69, 9.17) is 11.6 Å². The Morgan fingerprint density at radius 3 is 2.27 bits per heavy atom. The summed E-state index contributed by atoms with van der Waals surface area (Å²) < 4.78 is 1.47. The first-order valence-corrected chi connectivity index (χ1v) is 5.16. The summed E-state index contributed by atoms with van der Waals surface area (Å²) in [6.45, 7) is 5.56. The molecule has 1 rings (SSSR count). The van der Waals surface area contributed by atoms with Gasteiger partial charge in [0.1, 0.15) is 6.10 Å². The molecule has 0 aliphatic carbocycles. The summed E-state index contributed by atoms with van der Waals surface area (Å²) >= 11 is 5.88. The fourth-order valence-electron chi connectivity index (χ4n) is 1.38. The van der Waals surface area contributed by atoms with Gasteiger partial charge in [0.15, 0.2) is 0 Å². The maximum absolute atomic E-state index is 9.98. The van der Waals surface area contributed by atoms with E-state index >= 15 is 0 Å². The Morgan fingerprint density at radius 2 is 1.93 bits per heavy atom. The molecule has 4 nitrogen and oxygen atoms in total. The molecule has 15 heavy (non-hydrogen) atoms. The highest BCUT2D eigenvalue weighted by molar-refractivity contribution is 6.31. The second-order valence-corrected chi connectivity index (χ2v) is 5.16. The summed E-state index contributed by atoms with van der Waals surface area (Å²) in [6, 6.07) is 0. The summed E-state index contributed by atoms with van der Waals surface area (Å²) in [5.41, 5.74) is 0.0339. The number of hydrogen-bond acceptors (Lipinski definition) is 3. The molecule has 5 heteroatoms. The lowest BCUT2D eigenvalue weighted by molar-refractivity contribution is -0.0491. The van der Waals surface area contributed by atoms with E-state index in [0.717, 1.165) is 0 Å². The fourth-order valence-corrected chi connectivity index (χ4v) is 1.65. The van der Waals surface area contributed by atoms with Crippen molar-refractivity contribution in [2.24, 2.45) is 12.5 Å². The molecule has 1 aromatic rings. The number of aliphatic hydroxyl groups excluding tert-OH is 2. The molecular weight excluding hydrogens is 216 g/mol. The summed E-state index contributed by atoms with van der Waals surface area (Å²) in [4.78, 5) is 0. The quantitative estimate of drug-likeness (QED) is 0.813. The predicted molar refractivity (Wildman–Crippen MR) is 58.6 cm³/mol. The molecule has 2 unspecified atom stereocenters. The van der Waals surface area contributed by atoms with Gasteiger partial charge in [0.25, 0.3) is 0 Å². The van der Waals surface area contributed by atoms with Crippen LogP contribution in [0, 0.1) is 5.41 Å². The molecule has 1 heterocycles. The van der Waals surface area contributed by atoms with Crippen molar-refractivity contribution in [2.75, 3.05) is 0 Å². The average molecular weight is 233 g/mol. The van der Waals surface area contributed by atoms with Gasteiger partial charge in [-0.25, -0.2) is 0 Å². The van der Waals surface area contributed by atoms with Crippen molar-refractivity contribution < 1.29 is 10.2 Å². The zero-order chi connectivity index (χ0) is 11.8. The van der Waals surface area contributed by atoms with Gasteiger partial charge < -0.3 is 10.2 Å². The molecule has 0 aliphatic rings. The normalized spacial score (nSPS) is 16.5. The van der Waals surface area contributed by atoms with E-state index < -0.39 is 17.6 Å². The zero-order valence-corrected chi connectivity index (χ0v) is 10.2. The third-order valence-corrected chi connectivity index (χ3v) is 2.70. The van der Waals surface area contributed by atoms with Gasteiger partial charge in [-0.1, -0.05) is 32.4 Å². The van der Waals surface area contributed by atoms with Gasteiger partial charge in [0.2, 0.25) is 0 Å². The maximum Gasteiger partial charge on any atom is 0.123 e. The minimum atomic E-state index is -1.02. The third-order valence-electron chi connectivity index (χ3n) is 2.40. The van der Waals surface area contributed by atoms with Gasteiger partial charge >= 0.3 is 0 Å². The zero-order valence-electron chi connectivity index (χ0n) is 9.40. The monoisotopic (exact) mass is 232 g/mol. The number of aliphatic hydroxyl groups is 2. The van der Waals surface area contributed by atoms with E-state index in [2.05, 4.69) is 5.10 Å². The lowest BCUT2D eigenvalue weighted by Gasteiger charge is -2.30. The highest BCUT2D eigenvalue weighted by Crippen LogP contribution is 2.32. The van der Waals surface area contributed by atoms with E-state index in [1.807, 2.05) is 20.8 Å². The van der Waals surface area contributed by atoms with Crippen LogP contribution in [0.2, 0.25) is 5.02 Å². The first-order chi connectivity index (χ1) is 6.75. The van der Waals surface area contributed by atoms with Gasteiger partial charge in [-0.15, -0.1) is 0 Å². The Morgan fingerprint density at radius 1 is 1.40 bits per heavy atom. The number of nitrogens with zero attached hydrogens (tertiary/aromatic N) is 2. The van der Waals surface area contributed by atoms with Crippen molar-refractivity contribution in [1.82, 2.24) is 9.78 Å². The lowest BCUT2D eigenvalue weighted by Crippen LogP contribution is -2.33. The molecule has 2 N–H and O–H groups in total. The van der Waals surface area contributed by atoms with Gasteiger partial charge in [-0.2, -0.15) is 5.10 Å². The molecule has 0 fully saturated rings. The SMILES string of the molecule is Cn1ncc(Cl)c1C(O)C(O)C(C)(C)C. The molecule has 0 aliphatic heterocycles. The number of hydrogen-bond donors (Lipinski definition) is 2. The summed E-state index contributed by atoms with van der Waals surface area (Å²) in [5.74, 6) is 0. The smallest absolute Gasteiger partial charge is 0.123 e. The minimum Gasteiger partial charge on any atom is -0.389 e. The molecule has 0 saturated carbocycles. The van der Waals surface area contributed by atoms with Crippen LogP contribution in [0.25, 0.3) is 0 Å². The van der Waals surface area contributed by atoms with Crippen LogP contribution >= 0.6 is 11.6 Å². The van der Waals surface area contributed by atoms with Crippen LogP contribution in [0.1, 0.15) is 32.6 Å². The molecule has 0 aromatic carbocycles. The van der Waals surface area contributed by atoms with E-state index in [1.165, 1.54) is 10.9 Å². The van der Waals surface area contributed by atoms with Crippen LogP contribution in [0.15, 0.2) is 6.20 Å². The van der Waals surface area contributed by atoms with E-state index in [9.17, 15) is 10.2 Å². The Kier molecular flexibility index (Phi) is 3.43. The van der Waals surface area contributed by atoms with E-state index in [1.54, 1.807) is 7.05 Å². The minimum absolute atomic E-state index is 0.369. The second-order valence-electron chi connectivity index (χ2n) is 4.76. The molecule has 1 aromatic heterocycles. The molecule has 0 amide bonds. The Balaban J connectivity index is 3.00. The van der Waals surface area contributed by atoms with Crippen LogP contribution < -0.4 is 0 Å². The van der Waals surface area contributed by atoms with Crippen LogP contribution in [-0.2, 0) is 7.05 Å². The lowest BCUT2D eigenvalue weighted by atomic mass is 9.85. The molecule has 86 valence electrons. The largest absolute Gasteiger partial charge is 0.389 e. The summed E-state index contributed by atoms with van der Waals surface area (Å²) in [5, 5.41) is 24.2. The maximum atomic E-state index is 9.98. The first kappa shape index (κ1) is 12.5. The predicted octanol–water partition coefficient (Wildman–Crippen LogP) is 1.51. The van der Waals surface area contributed by atoms with Crippen LogP contribution in [0.4, 0.5) is 0 Å². The highest BCUT2D eigenvalue weighted by Gasteiger charge is 2.33. The van der Waals surface area contributed by atoms with E-state index in [-0.39, 0.29) is 0 Å². The highest BCUT2D eigenvalue weighted by atomic mass is 35.5. The summed E-state index contributed by atoms with van der Waals surface area (Å²) in [6.07, 6.45) is -0.453. The number of halogens is 1. The van der Waals surface area contributed by atoms with Crippen molar-refractivity contribution in [2.45, 2.75) is 33.0 Å². The van der Waals surface area contributed by atoms with Crippen molar-refractivity contribution in [3.8, 4) is 0 Å². The van der Waals surface area contributed by atoms with Gasteiger partial charge in [0.05, 0.1) is 23.0 Å². The molecule has 0 saturated heterocycles. The number of rotatable bonds is 2.